The molecule has 0 aromatic heterocycles. The third kappa shape index (κ3) is 4.89. The van der Waals surface area contributed by atoms with Crippen molar-refractivity contribution in [1.82, 2.24) is 4.72 Å². The molecule has 0 bridgehead atoms. The molecule has 1 aliphatic heterocycles. The number of benzene rings is 2. The monoisotopic (exact) mass is 413 g/mol. The van der Waals surface area contributed by atoms with E-state index in [1.165, 1.54) is 19.2 Å². The van der Waals surface area contributed by atoms with Crippen molar-refractivity contribution >= 4 is 27.7 Å². The molecule has 1 saturated heterocycles. The number of nitrogens with zero attached hydrogens (tertiary/aromatic N) is 2. The number of carbonyl (C=O) groups is 2. The summed E-state index contributed by atoms with van der Waals surface area (Å²) in [6, 6.07) is 11.5. The van der Waals surface area contributed by atoms with Gasteiger partial charge < -0.3 is 15.2 Å². The van der Waals surface area contributed by atoms with Crippen LogP contribution in [0.5, 0.6) is 5.75 Å². The summed E-state index contributed by atoms with van der Waals surface area (Å²) in [6.45, 7) is -0.375. The maximum atomic E-state index is 11.9. The van der Waals surface area contributed by atoms with E-state index in [0.717, 1.165) is 15.4 Å². The average Bonchev–Trinajstić information content (AvgIpc) is 2.86. The summed E-state index contributed by atoms with van der Waals surface area (Å²) in [4.78, 5) is 23.0. The first-order chi connectivity index (χ1) is 12.3. The summed E-state index contributed by atoms with van der Waals surface area (Å²) in [7, 11) is -2.55. The molecule has 0 aliphatic carbocycles. The Labute approximate surface area is 199 Å². The van der Waals surface area contributed by atoms with Crippen LogP contribution in [0.25, 0.3) is 5.32 Å². The van der Waals surface area contributed by atoms with Gasteiger partial charge in [-0.15, -0.1) is 7.05 Å². The summed E-state index contributed by atoms with van der Waals surface area (Å²) < 4.78 is 26.4. The first kappa shape index (κ1) is 21.9. The molecule has 2 amide bonds. The van der Waals surface area contributed by atoms with Crippen LogP contribution < -0.4 is 60.4 Å². The van der Waals surface area contributed by atoms with E-state index in [2.05, 4.69) is 5.32 Å². The normalized spacial score (nSPS) is 15.0. The minimum atomic E-state index is -3.98. The van der Waals surface area contributed by atoms with Gasteiger partial charge >= 0.3 is 61.6 Å². The van der Waals surface area contributed by atoms with E-state index in [1.54, 1.807) is 24.3 Å². The zero-order valence-corrected chi connectivity index (χ0v) is 18.8. The van der Waals surface area contributed by atoms with E-state index in [9.17, 15) is 23.1 Å². The van der Waals surface area contributed by atoms with Crippen LogP contribution in [0, 0.1) is 0 Å². The molecule has 3 rings (SSSR count). The Balaban J connectivity index is 0.00000261. The third-order valence-corrected chi connectivity index (χ3v) is 5.31. The van der Waals surface area contributed by atoms with Gasteiger partial charge in [0.2, 0.25) is 0 Å². The van der Waals surface area contributed by atoms with Gasteiger partial charge in [-0.25, -0.2) is 9.03 Å². The molecule has 8 nitrogen and oxygen atoms in total. The van der Waals surface area contributed by atoms with Crippen molar-refractivity contribution in [3.05, 3.63) is 64.5 Å². The number of phenolic OH excluding ortho intramolecular Hbond substituents is 1. The molecule has 0 atom stereocenters. The smallest absolute Gasteiger partial charge is 0.652 e. The number of amides is 2. The second kappa shape index (κ2) is 8.72. The van der Waals surface area contributed by atoms with Gasteiger partial charge in [-0.05, 0) is 41.3 Å². The zero-order valence-electron chi connectivity index (χ0n) is 14.8. The van der Waals surface area contributed by atoms with Crippen LogP contribution in [0.2, 0.25) is 0 Å². The molecular weight excluding hydrogens is 397 g/mol. The fourth-order valence-electron chi connectivity index (χ4n) is 2.73. The summed E-state index contributed by atoms with van der Waals surface area (Å²) >= 11 is 0. The largest absolute Gasteiger partial charge is 1.00 e. The predicted molar refractivity (Wildman–Crippen MR) is 95.4 cm³/mol. The number of anilines is 1. The van der Waals surface area contributed by atoms with Crippen LogP contribution in [-0.4, -0.2) is 38.9 Å². The quantitative estimate of drug-likeness (QED) is 0.580. The molecule has 1 heterocycles. The van der Waals surface area contributed by atoms with E-state index in [0.29, 0.717) is 12.0 Å². The van der Waals surface area contributed by atoms with Crippen LogP contribution >= 0.6 is 0 Å². The molecule has 2 aromatic carbocycles. The van der Waals surface area contributed by atoms with Crippen molar-refractivity contribution in [2.24, 2.45) is 0 Å². The van der Waals surface area contributed by atoms with E-state index in [4.69, 9.17) is 0 Å². The molecule has 1 aliphatic rings. The van der Waals surface area contributed by atoms with Crippen molar-refractivity contribution in [3.63, 3.8) is 0 Å². The molecule has 0 unspecified atom stereocenters. The Bertz CT molecular complexity index is 994. The molecule has 0 saturated carbocycles. The summed E-state index contributed by atoms with van der Waals surface area (Å²) in [6.07, 6.45) is 0.433. The van der Waals surface area contributed by atoms with Gasteiger partial charge in [0.25, 0.3) is 5.91 Å². The zero-order chi connectivity index (χ0) is 18.9. The summed E-state index contributed by atoms with van der Waals surface area (Å²) in [5.74, 6) is -1.23. The van der Waals surface area contributed by atoms with E-state index >= 15 is 0 Å². The van der Waals surface area contributed by atoms with Gasteiger partial charge in [0, 0.05) is 0 Å². The van der Waals surface area contributed by atoms with Crippen molar-refractivity contribution in [2.45, 2.75) is 6.42 Å². The first-order valence-electron chi connectivity index (χ1n) is 7.68. The Morgan fingerprint density at radius 3 is 2.52 bits per heavy atom. The molecule has 1 fully saturated rings. The van der Waals surface area contributed by atoms with Gasteiger partial charge in [-0.3, -0.25) is 4.79 Å². The van der Waals surface area contributed by atoms with Crippen molar-refractivity contribution in [3.8, 4) is 5.75 Å². The maximum absolute atomic E-state index is 11.9. The molecular formula is C17H16KN3O5S. The second-order valence-electron chi connectivity index (χ2n) is 5.77. The Kier molecular flexibility index (Phi) is 7.06. The standard InChI is InChI=1S/C17H17N3O5S.K/c1-18-17(23)13-4-2-3-11(8-13)7-12-5-6-14(15(21)9-12)20-10-16(22)19-26(20,24)25;/h2-6,8-9H,7,10H2,1H3,(H3,18,19,21,22,23);/q;+1/p-1. The number of hydrogen-bond donors (Lipinski definition) is 2. The minimum absolute atomic E-state index is 0. The van der Waals surface area contributed by atoms with Crippen LogP contribution in [0.1, 0.15) is 21.5 Å². The second-order valence-corrected chi connectivity index (χ2v) is 7.36. The summed E-state index contributed by atoms with van der Waals surface area (Å²) in [5.41, 5.74) is 2.07. The first-order valence-corrected chi connectivity index (χ1v) is 9.12. The van der Waals surface area contributed by atoms with Crippen LogP contribution in [-0.2, 0) is 21.4 Å². The molecule has 10 heteroatoms. The fourth-order valence-corrected chi connectivity index (χ4v) is 3.89. The van der Waals surface area contributed by atoms with E-state index in [-0.39, 0.29) is 75.3 Å². The van der Waals surface area contributed by atoms with Crippen molar-refractivity contribution in [1.29, 1.82) is 0 Å². The Hall–Kier alpha value is -1.43. The van der Waals surface area contributed by atoms with Crippen LogP contribution in [0.4, 0.5) is 5.69 Å². The van der Waals surface area contributed by atoms with Crippen molar-refractivity contribution < 1.29 is 74.5 Å². The Morgan fingerprint density at radius 1 is 1.22 bits per heavy atom. The SMILES string of the molecule is C[N-]C(=O)c1cccc(Cc2ccc(N3CC(=O)NS3(=O)=O)c(O)c2)c1.[K+]. The predicted octanol–water partition coefficient (Wildman–Crippen LogP) is -1.69. The van der Waals surface area contributed by atoms with Gasteiger partial charge in [-0.2, -0.15) is 8.42 Å². The molecule has 0 spiro atoms. The molecule has 0 radical (unpaired) electrons. The van der Waals surface area contributed by atoms with Crippen LogP contribution in [0.3, 0.4) is 0 Å². The maximum Gasteiger partial charge on any atom is 1.00 e. The number of aromatic hydroxyl groups is 1. The van der Waals surface area contributed by atoms with Crippen molar-refractivity contribution in [2.75, 3.05) is 17.9 Å². The molecule has 27 heavy (non-hydrogen) atoms. The fraction of sp³-hybridized carbons (Fsp3) is 0.176. The van der Waals surface area contributed by atoms with Gasteiger partial charge in [0.15, 0.2) is 0 Å². The number of phenols is 1. The minimum Gasteiger partial charge on any atom is -0.652 e. The molecule has 2 aromatic rings. The van der Waals surface area contributed by atoms with Crippen LogP contribution in [0.15, 0.2) is 42.5 Å². The number of nitrogens with one attached hydrogen (secondary N) is 1. The number of carbonyl (C=O) groups excluding carboxylic acids is 2. The number of rotatable bonds is 4. The summed E-state index contributed by atoms with van der Waals surface area (Å²) in [5, 5.41) is 13.8. The van der Waals surface area contributed by atoms with Gasteiger partial charge in [0.1, 0.15) is 12.3 Å². The van der Waals surface area contributed by atoms with Gasteiger partial charge in [-0.1, -0.05) is 24.3 Å². The molecule has 2 N–H and O–H groups in total. The third-order valence-electron chi connectivity index (χ3n) is 3.91. The van der Waals surface area contributed by atoms with E-state index in [1.807, 2.05) is 10.8 Å². The van der Waals surface area contributed by atoms with Gasteiger partial charge in [0.05, 0.1) is 11.6 Å². The molecule has 136 valence electrons. The Morgan fingerprint density at radius 2 is 1.93 bits per heavy atom. The average molecular weight is 413 g/mol. The topological polar surface area (TPSA) is 118 Å². The van der Waals surface area contributed by atoms with E-state index < -0.39 is 16.1 Å². The number of hydrogen-bond acceptors (Lipinski definition) is 5.